The van der Waals surface area contributed by atoms with Crippen molar-refractivity contribution in [1.82, 2.24) is 0 Å². The van der Waals surface area contributed by atoms with Gasteiger partial charge in [0.1, 0.15) is 0 Å². The molecule has 0 rings (SSSR count). The third-order valence-corrected chi connectivity index (χ3v) is 0. The van der Waals surface area contributed by atoms with Crippen LogP contribution in [0.3, 0.4) is 0 Å². The SMILES string of the molecule is CN.[Cl][Pb][I].[CsH]. The molecule has 0 saturated heterocycles. The van der Waals surface area contributed by atoms with Crippen molar-refractivity contribution in [3.63, 3.8) is 0 Å². The number of hydrogen-bond donors (Lipinski definition) is 1. The zero-order chi connectivity index (χ0) is 4.71. The summed E-state index contributed by atoms with van der Waals surface area (Å²) in [5.41, 5.74) is 4.50. The van der Waals surface area contributed by atoms with Gasteiger partial charge in [-0.25, -0.2) is 0 Å². The molecule has 0 aliphatic carbocycles. The topological polar surface area (TPSA) is 26.0 Å². The molecule has 2 N–H and O–H groups in total. The minimum atomic E-state index is -0.474. The van der Waals surface area contributed by atoms with E-state index < -0.39 is 18.7 Å². The Morgan fingerprint density at radius 2 is 1.67 bits per heavy atom. The van der Waals surface area contributed by atoms with Crippen molar-refractivity contribution in [3.05, 3.63) is 0 Å². The minimum absolute atomic E-state index is 0. The number of halogens is 2. The van der Waals surface area contributed by atoms with Gasteiger partial charge in [0, 0.05) is 0 Å². The first kappa shape index (κ1) is 16.5. The Balaban J connectivity index is -0.0000000275. The third-order valence-electron chi connectivity index (χ3n) is 0. The van der Waals surface area contributed by atoms with E-state index in [9.17, 15) is 0 Å². The van der Waals surface area contributed by atoms with Crippen LogP contribution in [0.1, 0.15) is 0 Å². The first-order valence-corrected chi connectivity index (χ1v) is 16.7. The van der Waals surface area contributed by atoms with Gasteiger partial charge in [-0.1, -0.05) is 0 Å². The molecule has 0 aromatic rings. The molecule has 34 valence electrons. The summed E-state index contributed by atoms with van der Waals surface area (Å²) in [5.74, 6) is 0. The van der Waals surface area contributed by atoms with E-state index >= 15 is 0 Å². The van der Waals surface area contributed by atoms with Crippen LogP contribution in [0.4, 0.5) is 0 Å². The Bertz CT molecular complexity index is 15.5. The molecule has 5 heteroatoms. The van der Waals surface area contributed by atoms with Gasteiger partial charge in [0.25, 0.3) is 0 Å². The van der Waals surface area contributed by atoms with Crippen molar-refractivity contribution in [3.8, 4) is 0 Å². The maximum absolute atomic E-state index is 5.18. The number of hydrogen-bond acceptors (Lipinski definition) is 1. The van der Waals surface area contributed by atoms with Gasteiger partial charge in [-0.3, -0.25) is 0 Å². The molecule has 0 fully saturated rings. The van der Waals surface area contributed by atoms with Crippen molar-refractivity contribution < 1.29 is 0 Å². The van der Waals surface area contributed by atoms with Gasteiger partial charge in [-0.05, 0) is 7.05 Å². The monoisotopic (exact) mass is 535 g/mol. The first-order valence-electron chi connectivity index (χ1n) is 0.955. The van der Waals surface area contributed by atoms with Gasteiger partial charge in [-0.2, -0.15) is 0 Å². The molecule has 0 aromatic heterocycles. The van der Waals surface area contributed by atoms with Crippen LogP contribution in [-0.2, 0) is 0 Å². The summed E-state index contributed by atoms with van der Waals surface area (Å²) < 4.78 is 0. The molecule has 0 heterocycles. The van der Waals surface area contributed by atoms with E-state index in [1.54, 1.807) is 0 Å². The third kappa shape index (κ3) is 24.6. The van der Waals surface area contributed by atoms with Crippen molar-refractivity contribution >= 4 is 114 Å². The molecule has 6 heavy (non-hydrogen) atoms. The Morgan fingerprint density at radius 3 is 1.67 bits per heavy atom. The van der Waals surface area contributed by atoms with E-state index in [1.165, 1.54) is 7.05 Å². The summed E-state index contributed by atoms with van der Waals surface area (Å²) >= 11 is 1.77. The van der Waals surface area contributed by atoms with E-state index in [1.807, 2.05) is 0 Å². The second kappa shape index (κ2) is 23.1. The predicted molar refractivity (Wildman–Crippen MR) is 42.9 cm³/mol. The first-order chi connectivity index (χ1) is 2.41. The van der Waals surface area contributed by atoms with Crippen LogP contribution in [0.2, 0.25) is 0 Å². The maximum atomic E-state index is 5.18. The normalized spacial score (nSPS) is 4.00. The molecule has 2 radical (unpaired) electrons. The summed E-state index contributed by atoms with van der Waals surface area (Å²) in [6, 6.07) is 0. The molecule has 0 atom stereocenters. The summed E-state index contributed by atoms with van der Waals surface area (Å²) in [4.78, 5) is 0. The molecule has 0 aliphatic rings. The van der Waals surface area contributed by atoms with Crippen LogP contribution < -0.4 is 5.73 Å². The second-order valence-corrected chi connectivity index (χ2v) is 12.6. The summed E-state index contributed by atoms with van der Waals surface area (Å²) in [5, 5.41) is 0. The summed E-state index contributed by atoms with van der Waals surface area (Å²) in [7, 11) is 6.68. The summed E-state index contributed by atoms with van der Waals surface area (Å²) in [6.45, 7) is 0. The molecule has 0 bridgehead atoms. The molecule has 1 nitrogen and oxygen atoms in total. The predicted octanol–water partition coefficient (Wildman–Crippen LogP) is 0.121. The quantitative estimate of drug-likeness (QED) is 0.347. The van der Waals surface area contributed by atoms with Crippen LogP contribution in [0, 0.1) is 0 Å². The number of nitrogens with two attached hydrogens (primary N) is 1. The van der Waals surface area contributed by atoms with Crippen LogP contribution in [0.15, 0.2) is 0 Å². The average molecular weight is 535 g/mol. The Kier molecular flexibility index (Phi) is 63.5. The van der Waals surface area contributed by atoms with Gasteiger partial charge in [0.05, 0.1) is 0 Å². The fraction of sp³-hybridized carbons (Fsp3) is 1.00. The Hall–Kier alpha value is 3.95. The van der Waals surface area contributed by atoms with Gasteiger partial charge in [-0.15, -0.1) is 0 Å². The van der Waals surface area contributed by atoms with Crippen LogP contribution in [-0.4, -0.2) is 94.7 Å². The van der Waals surface area contributed by atoms with Crippen molar-refractivity contribution in [2.75, 3.05) is 7.05 Å². The average Bonchev–Trinajstić information content (AvgIpc) is 1.46. The Morgan fingerprint density at radius 1 is 1.67 bits per heavy atom. The van der Waals surface area contributed by atoms with E-state index in [0.717, 1.165) is 0 Å². The van der Waals surface area contributed by atoms with Crippen LogP contribution in [0.25, 0.3) is 0 Å². The van der Waals surface area contributed by atoms with Crippen LogP contribution >= 0.6 is 26.1 Å². The number of rotatable bonds is 0. The van der Waals surface area contributed by atoms with Gasteiger partial charge in [0.15, 0.2) is 0 Å². The van der Waals surface area contributed by atoms with Crippen molar-refractivity contribution in [1.29, 1.82) is 0 Å². The fourth-order valence-electron chi connectivity index (χ4n) is 0. The molecular formula is CH6ClCsINPb. The second-order valence-electron chi connectivity index (χ2n) is 0.0714. The van der Waals surface area contributed by atoms with Gasteiger partial charge < -0.3 is 5.73 Å². The zero-order valence-corrected chi connectivity index (χ0v) is 9.63. The molecule has 0 amide bonds. The summed E-state index contributed by atoms with van der Waals surface area (Å²) in [6.07, 6.45) is 0. The van der Waals surface area contributed by atoms with Crippen molar-refractivity contribution in [2.24, 2.45) is 5.73 Å². The molecule has 0 spiro atoms. The van der Waals surface area contributed by atoms with E-state index in [2.05, 4.69) is 23.5 Å². The standard InChI is InChI=1S/CH5N.ClH.Cs.HI.Pb.H/c1-2;;;;;/h2H2,1H3;1H;;1H;;/q;;;;+2;/p-2. The molecule has 0 saturated carbocycles. The molecule has 0 aromatic carbocycles. The van der Waals surface area contributed by atoms with E-state index in [-0.39, 0.29) is 68.9 Å². The molecule has 0 aliphatic heterocycles. The van der Waals surface area contributed by atoms with Crippen LogP contribution in [0.5, 0.6) is 0 Å². The molecule has 0 unspecified atom stereocenters. The van der Waals surface area contributed by atoms with E-state index in [4.69, 9.17) is 8.32 Å². The van der Waals surface area contributed by atoms with Gasteiger partial charge in [0.2, 0.25) is 0 Å². The molecular weight excluding hydrogens is 528 g/mol. The van der Waals surface area contributed by atoms with Gasteiger partial charge >= 0.3 is 114 Å². The fourth-order valence-corrected chi connectivity index (χ4v) is 0. The van der Waals surface area contributed by atoms with Crippen molar-refractivity contribution in [2.45, 2.75) is 0 Å². The zero-order valence-electron chi connectivity index (χ0n) is 2.83. The van der Waals surface area contributed by atoms with E-state index in [0.29, 0.717) is 0 Å². The Labute approximate surface area is 122 Å².